The average Bonchev–Trinajstić information content (AvgIpc) is 2.42. The SMILES string of the molecule is CNC(=O)NN/C(=C\[N+](=O)[O-])NCc1ccc(Cl)nc1. The number of carbonyl (C=O) groups is 1. The number of carbonyl (C=O) groups excluding carboxylic acids is 1. The van der Waals surface area contributed by atoms with Gasteiger partial charge in [0, 0.05) is 19.8 Å². The number of nitrogens with one attached hydrogen (secondary N) is 4. The number of aromatic nitrogens is 1. The molecule has 0 saturated carbocycles. The van der Waals surface area contributed by atoms with E-state index in [4.69, 9.17) is 11.6 Å². The predicted octanol–water partition coefficient (Wildman–Crippen LogP) is 0.334. The second-order valence-corrected chi connectivity index (χ2v) is 3.89. The maximum atomic E-state index is 11.0. The number of urea groups is 1. The lowest BCUT2D eigenvalue weighted by molar-refractivity contribution is -0.404. The zero-order valence-corrected chi connectivity index (χ0v) is 11.3. The molecule has 2 amide bonds. The number of halogens is 1. The smallest absolute Gasteiger partial charge is 0.333 e. The molecule has 20 heavy (non-hydrogen) atoms. The van der Waals surface area contributed by atoms with E-state index in [9.17, 15) is 14.9 Å². The van der Waals surface area contributed by atoms with Crippen LogP contribution in [0.3, 0.4) is 0 Å². The Bertz CT molecular complexity index is 504. The van der Waals surface area contributed by atoms with E-state index in [0.29, 0.717) is 11.4 Å². The van der Waals surface area contributed by atoms with E-state index in [0.717, 1.165) is 5.56 Å². The number of nitro groups is 1. The van der Waals surface area contributed by atoms with Crippen molar-refractivity contribution in [3.8, 4) is 0 Å². The lowest BCUT2D eigenvalue weighted by Crippen LogP contribution is -2.45. The largest absolute Gasteiger partial charge is 0.361 e. The summed E-state index contributed by atoms with van der Waals surface area (Å²) in [5, 5.41) is 15.9. The molecule has 1 aromatic heterocycles. The van der Waals surface area contributed by atoms with E-state index in [1.54, 1.807) is 12.1 Å². The molecule has 0 atom stereocenters. The molecule has 9 nitrogen and oxygen atoms in total. The normalized spacial score (nSPS) is 10.6. The van der Waals surface area contributed by atoms with Crippen LogP contribution in [0.5, 0.6) is 0 Å². The second kappa shape index (κ2) is 7.79. The Balaban J connectivity index is 2.58. The molecule has 0 aliphatic heterocycles. The Hall–Kier alpha value is -2.55. The molecule has 10 heteroatoms. The number of amides is 2. The monoisotopic (exact) mass is 300 g/mol. The third-order valence-corrected chi connectivity index (χ3v) is 2.27. The molecule has 0 bridgehead atoms. The number of hydrogen-bond acceptors (Lipinski definition) is 6. The van der Waals surface area contributed by atoms with Crippen molar-refractivity contribution in [3.63, 3.8) is 0 Å². The number of rotatable bonds is 6. The highest BCUT2D eigenvalue weighted by atomic mass is 35.5. The van der Waals surface area contributed by atoms with Crippen LogP contribution in [0.1, 0.15) is 5.56 Å². The zero-order valence-electron chi connectivity index (χ0n) is 10.5. The summed E-state index contributed by atoms with van der Waals surface area (Å²) in [5.74, 6) is 0.0218. The summed E-state index contributed by atoms with van der Waals surface area (Å²) >= 11 is 5.64. The Morgan fingerprint density at radius 1 is 1.50 bits per heavy atom. The van der Waals surface area contributed by atoms with E-state index < -0.39 is 11.0 Å². The first kappa shape index (κ1) is 15.5. The molecule has 1 heterocycles. The number of nitrogens with zero attached hydrogens (tertiary/aromatic N) is 2. The topological polar surface area (TPSA) is 121 Å². The van der Waals surface area contributed by atoms with E-state index in [-0.39, 0.29) is 12.4 Å². The number of hydrogen-bond donors (Lipinski definition) is 4. The standard InChI is InChI=1S/C10H13ClN6O3/c1-12-10(18)16-15-9(6-17(19)20)14-5-7-2-3-8(11)13-4-7/h2-4,6,14-15H,5H2,1H3,(H2,12,16,18)/b9-6-. The Morgan fingerprint density at radius 2 is 2.25 bits per heavy atom. The fourth-order valence-corrected chi connectivity index (χ4v) is 1.23. The van der Waals surface area contributed by atoms with Crippen LogP contribution in [0.2, 0.25) is 5.15 Å². The highest BCUT2D eigenvalue weighted by molar-refractivity contribution is 6.29. The maximum absolute atomic E-state index is 11.0. The fourth-order valence-electron chi connectivity index (χ4n) is 1.12. The summed E-state index contributed by atoms with van der Waals surface area (Å²) in [5.41, 5.74) is 5.36. The van der Waals surface area contributed by atoms with Gasteiger partial charge in [0.2, 0.25) is 0 Å². The molecule has 0 aliphatic carbocycles. The second-order valence-electron chi connectivity index (χ2n) is 3.50. The molecular formula is C10H13ClN6O3. The third-order valence-electron chi connectivity index (χ3n) is 2.04. The number of hydrazine groups is 1. The lowest BCUT2D eigenvalue weighted by Gasteiger charge is -2.12. The zero-order chi connectivity index (χ0) is 15.0. The van der Waals surface area contributed by atoms with Crippen molar-refractivity contribution in [2.45, 2.75) is 6.54 Å². The molecule has 1 aromatic rings. The van der Waals surface area contributed by atoms with Crippen LogP contribution in [0, 0.1) is 10.1 Å². The number of pyridine rings is 1. The summed E-state index contributed by atoms with van der Waals surface area (Å²) < 4.78 is 0. The van der Waals surface area contributed by atoms with Crippen LogP contribution in [0.25, 0.3) is 0 Å². The third kappa shape index (κ3) is 5.87. The molecule has 0 unspecified atom stereocenters. The van der Waals surface area contributed by atoms with Crippen LogP contribution < -0.4 is 21.5 Å². The van der Waals surface area contributed by atoms with Gasteiger partial charge in [-0.2, -0.15) is 0 Å². The molecule has 0 fully saturated rings. The summed E-state index contributed by atoms with van der Waals surface area (Å²) in [6, 6.07) is 2.79. The van der Waals surface area contributed by atoms with Crippen LogP contribution >= 0.6 is 11.6 Å². The van der Waals surface area contributed by atoms with Crippen molar-refractivity contribution in [1.82, 2.24) is 26.5 Å². The quantitative estimate of drug-likeness (QED) is 0.341. The van der Waals surface area contributed by atoms with Gasteiger partial charge in [-0.3, -0.25) is 21.0 Å². The summed E-state index contributed by atoms with van der Waals surface area (Å²) in [6.45, 7) is 0.270. The van der Waals surface area contributed by atoms with Gasteiger partial charge in [-0.15, -0.1) is 0 Å². The predicted molar refractivity (Wildman–Crippen MR) is 71.9 cm³/mol. The van der Waals surface area contributed by atoms with Crippen molar-refractivity contribution in [3.05, 3.63) is 51.2 Å². The van der Waals surface area contributed by atoms with Gasteiger partial charge in [-0.05, 0) is 11.6 Å². The van der Waals surface area contributed by atoms with Gasteiger partial charge in [0.25, 0.3) is 6.20 Å². The summed E-state index contributed by atoms with van der Waals surface area (Å²) in [4.78, 5) is 24.7. The van der Waals surface area contributed by atoms with Crippen molar-refractivity contribution in [2.75, 3.05) is 7.05 Å². The highest BCUT2D eigenvalue weighted by Gasteiger charge is 2.04. The lowest BCUT2D eigenvalue weighted by atomic mass is 10.3. The van der Waals surface area contributed by atoms with Gasteiger partial charge >= 0.3 is 6.03 Å². The van der Waals surface area contributed by atoms with Gasteiger partial charge < -0.3 is 10.6 Å². The molecule has 0 radical (unpaired) electrons. The van der Waals surface area contributed by atoms with Gasteiger partial charge in [0.1, 0.15) is 5.15 Å². The maximum Gasteiger partial charge on any atom is 0.333 e. The molecular weight excluding hydrogens is 288 g/mol. The van der Waals surface area contributed by atoms with Crippen LogP contribution in [0.15, 0.2) is 30.4 Å². The van der Waals surface area contributed by atoms with Crippen molar-refractivity contribution in [1.29, 1.82) is 0 Å². The van der Waals surface area contributed by atoms with Crippen LogP contribution in [-0.4, -0.2) is 23.0 Å². The average molecular weight is 301 g/mol. The minimum absolute atomic E-state index is 0.0218. The molecule has 4 N–H and O–H groups in total. The Labute approximate surface area is 119 Å². The van der Waals surface area contributed by atoms with Crippen LogP contribution in [0.4, 0.5) is 4.79 Å². The van der Waals surface area contributed by atoms with E-state index in [2.05, 4.69) is 26.5 Å². The first-order valence-corrected chi connectivity index (χ1v) is 5.82. The van der Waals surface area contributed by atoms with Gasteiger partial charge in [-0.1, -0.05) is 17.7 Å². The fraction of sp³-hybridized carbons (Fsp3) is 0.200. The summed E-state index contributed by atoms with van der Waals surface area (Å²) in [7, 11) is 1.42. The van der Waals surface area contributed by atoms with Crippen molar-refractivity contribution < 1.29 is 9.72 Å². The first-order valence-electron chi connectivity index (χ1n) is 5.44. The van der Waals surface area contributed by atoms with E-state index in [1.165, 1.54) is 13.2 Å². The summed E-state index contributed by atoms with van der Waals surface area (Å²) in [6.07, 6.45) is 2.23. The van der Waals surface area contributed by atoms with E-state index >= 15 is 0 Å². The van der Waals surface area contributed by atoms with Crippen molar-refractivity contribution >= 4 is 17.6 Å². The first-order chi connectivity index (χ1) is 9.51. The molecule has 1 rings (SSSR count). The molecule has 0 aromatic carbocycles. The Morgan fingerprint density at radius 3 is 2.80 bits per heavy atom. The highest BCUT2D eigenvalue weighted by Crippen LogP contribution is 2.05. The van der Waals surface area contributed by atoms with Crippen LogP contribution in [-0.2, 0) is 6.54 Å². The Kier molecular flexibility index (Phi) is 6.04. The molecule has 108 valence electrons. The van der Waals surface area contributed by atoms with Gasteiger partial charge in [0.15, 0.2) is 5.82 Å². The molecule has 0 saturated heterocycles. The molecule has 0 aliphatic rings. The minimum atomic E-state index is -0.652. The molecule has 0 spiro atoms. The van der Waals surface area contributed by atoms with Gasteiger partial charge in [0.05, 0.1) is 4.92 Å². The van der Waals surface area contributed by atoms with Crippen molar-refractivity contribution in [2.24, 2.45) is 0 Å². The van der Waals surface area contributed by atoms with Gasteiger partial charge in [-0.25, -0.2) is 9.78 Å². The minimum Gasteiger partial charge on any atom is -0.361 e. The van der Waals surface area contributed by atoms with E-state index in [1.807, 2.05) is 0 Å².